The molecule has 0 aromatic carbocycles. The van der Waals surface area contributed by atoms with Crippen LogP contribution in [0.2, 0.25) is 0 Å². The van der Waals surface area contributed by atoms with Crippen LogP contribution in [0, 0.1) is 0 Å². The van der Waals surface area contributed by atoms with Crippen LogP contribution in [-0.2, 0) is 0 Å². The van der Waals surface area contributed by atoms with Crippen molar-refractivity contribution in [2.75, 3.05) is 17.7 Å². The topological polar surface area (TPSA) is 71.2 Å². The Morgan fingerprint density at radius 3 is 2.71 bits per heavy atom. The third-order valence-corrected chi connectivity index (χ3v) is 2.35. The van der Waals surface area contributed by atoms with Crippen molar-refractivity contribution in [3.05, 3.63) is 18.3 Å². The van der Waals surface area contributed by atoms with Crippen LogP contribution in [0.25, 0.3) is 0 Å². The molecule has 0 bridgehead atoms. The molecule has 1 rings (SSSR count). The predicted octanol–water partition coefficient (Wildman–Crippen LogP) is 1.24. The van der Waals surface area contributed by atoms with Crippen molar-refractivity contribution in [1.29, 1.82) is 0 Å². The molecule has 4 heteroatoms. The molecule has 1 heterocycles. The van der Waals surface area contributed by atoms with E-state index in [1.165, 1.54) is 0 Å². The van der Waals surface area contributed by atoms with Crippen LogP contribution < -0.4 is 11.1 Å². The Morgan fingerprint density at radius 2 is 2.29 bits per heavy atom. The number of hydrogen-bond acceptors (Lipinski definition) is 4. The Bertz CT molecular complexity index is 280. The van der Waals surface area contributed by atoms with E-state index < -0.39 is 0 Å². The highest BCUT2D eigenvalue weighted by atomic mass is 16.3. The molecule has 1 unspecified atom stereocenters. The lowest BCUT2D eigenvalue weighted by Gasteiger charge is -2.27. The Morgan fingerprint density at radius 1 is 1.57 bits per heavy atom. The molecule has 14 heavy (non-hydrogen) atoms. The summed E-state index contributed by atoms with van der Waals surface area (Å²) in [6, 6.07) is 3.59. The van der Waals surface area contributed by atoms with Crippen LogP contribution in [0.3, 0.4) is 0 Å². The molecule has 0 aliphatic heterocycles. The maximum absolute atomic E-state index is 9.19. The zero-order valence-corrected chi connectivity index (χ0v) is 8.62. The van der Waals surface area contributed by atoms with E-state index in [9.17, 15) is 5.11 Å². The predicted molar refractivity (Wildman–Crippen MR) is 58.1 cm³/mol. The van der Waals surface area contributed by atoms with E-state index in [2.05, 4.69) is 10.3 Å². The number of anilines is 2. The van der Waals surface area contributed by atoms with E-state index in [0.717, 1.165) is 12.2 Å². The number of hydrogen-bond donors (Lipinski definition) is 3. The molecule has 1 aromatic rings. The third-order valence-electron chi connectivity index (χ3n) is 2.35. The summed E-state index contributed by atoms with van der Waals surface area (Å²) in [5.41, 5.74) is 5.84. The molecular weight excluding hydrogens is 178 g/mol. The second kappa shape index (κ2) is 4.28. The summed E-state index contributed by atoms with van der Waals surface area (Å²) in [6.07, 6.45) is 2.42. The molecule has 0 fully saturated rings. The van der Waals surface area contributed by atoms with Gasteiger partial charge in [0, 0.05) is 0 Å². The fourth-order valence-corrected chi connectivity index (χ4v) is 1.03. The molecule has 0 spiro atoms. The van der Waals surface area contributed by atoms with E-state index in [0.29, 0.717) is 5.69 Å². The lowest BCUT2D eigenvalue weighted by molar-refractivity contribution is 0.218. The first-order chi connectivity index (χ1) is 6.59. The second-order valence-corrected chi connectivity index (χ2v) is 3.67. The third kappa shape index (κ3) is 2.60. The number of nitrogens with one attached hydrogen (secondary N) is 1. The molecule has 0 aliphatic rings. The van der Waals surface area contributed by atoms with Gasteiger partial charge in [0.2, 0.25) is 0 Å². The average Bonchev–Trinajstić information content (AvgIpc) is 2.21. The van der Waals surface area contributed by atoms with Gasteiger partial charge in [-0.1, -0.05) is 6.92 Å². The molecular formula is C10H17N3O. The van der Waals surface area contributed by atoms with Crippen LogP contribution in [-0.4, -0.2) is 22.2 Å². The van der Waals surface area contributed by atoms with Crippen LogP contribution in [0.1, 0.15) is 20.3 Å². The molecule has 78 valence electrons. The molecule has 0 amide bonds. The number of aliphatic hydroxyl groups is 1. The summed E-state index contributed by atoms with van der Waals surface area (Å²) in [5.74, 6) is 0.734. The smallest absolute Gasteiger partial charge is 0.126 e. The van der Waals surface area contributed by atoms with Gasteiger partial charge >= 0.3 is 0 Å². The average molecular weight is 195 g/mol. The molecule has 4 N–H and O–H groups in total. The highest BCUT2D eigenvalue weighted by Gasteiger charge is 2.20. The van der Waals surface area contributed by atoms with E-state index in [4.69, 9.17) is 5.73 Å². The van der Waals surface area contributed by atoms with Gasteiger partial charge in [-0.25, -0.2) is 4.98 Å². The van der Waals surface area contributed by atoms with Crippen LogP contribution in [0.5, 0.6) is 0 Å². The Balaban J connectivity index is 2.72. The molecule has 0 radical (unpaired) electrons. The first kappa shape index (κ1) is 10.8. The lowest BCUT2D eigenvalue weighted by Crippen LogP contribution is -2.38. The van der Waals surface area contributed by atoms with E-state index in [1.54, 1.807) is 18.3 Å². The summed E-state index contributed by atoms with van der Waals surface area (Å²) in [6.45, 7) is 4.04. The van der Waals surface area contributed by atoms with Gasteiger partial charge < -0.3 is 16.2 Å². The fourth-order valence-electron chi connectivity index (χ4n) is 1.03. The monoisotopic (exact) mass is 195 g/mol. The minimum atomic E-state index is -0.316. The molecule has 0 saturated carbocycles. The maximum Gasteiger partial charge on any atom is 0.126 e. The standard InChI is InChI=1S/C10H17N3O/c1-3-10(2,7-14)13-9-5-4-8(11)6-12-9/h4-6,14H,3,7,11H2,1-2H3,(H,12,13). The zero-order chi connectivity index (χ0) is 10.6. The van der Waals surface area contributed by atoms with Crippen molar-refractivity contribution in [2.24, 2.45) is 0 Å². The second-order valence-electron chi connectivity index (χ2n) is 3.67. The molecule has 4 nitrogen and oxygen atoms in total. The number of nitrogens with zero attached hydrogens (tertiary/aromatic N) is 1. The normalized spacial score (nSPS) is 14.8. The number of rotatable bonds is 4. The van der Waals surface area contributed by atoms with Crippen molar-refractivity contribution in [1.82, 2.24) is 4.98 Å². The summed E-state index contributed by atoms with van der Waals surface area (Å²) < 4.78 is 0. The van der Waals surface area contributed by atoms with Crippen LogP contribution in [0.15, 0.2) is 18.3 Å². The lowest BCUT2D eigenvalue weighted by atomic mass is 10.0. The number of aromatic nitrogens is 1. The van der Waals surface area contributed by atoms with Gasteiger partial charge in [-0.15, -0.1) is 0 Å². The summed E-state index contributed by atoms with van der Waals surface area (Å²) in [7, 11) is 0. The van der Waals surface area contributed by atoms with Gasteiger partial charge in [0.1, 0.15) is 5.82 Å². The summed E-state index contributed by atoms with van der Waals surface area (Å²) in [4.78, 5) is 4.11. The highest BCUT2D eigenvalue weighted by molar-refractivity contribution is 5.45. The quantitative estimate of drug-likeness (QED) is 0.676. The van der Waals surface area contributed by atoms with E-state index >= 15 is 0 Å². The largest absolute Gasteiger partial charge is 0.397 e. The first-order valence-corrected chi connectivity index (χ1v) is 4.70. The number of pyridine rings is 1. The molecule has 0 saturated heterocycles. The van der Waals surface area contributed by atoms with Crippen LogP contribution in [0.4, 0.5) is 11.5 Å². The van der Waals surface area contributed by atoms with Crippen molar-refractivity contribution in [2.45, 2.75) is 25.8 Å². The van der Waals surface area contributed by atoms with Gasteiger partial charge in [-0.05, 0) is 25.5 Å². The fraction of sp³-hybridized carbons (Fsp3) is 0.500. The van der Waals surface area contributed by atoms with E-state index in [1.807, 2.05) is 13.8 Å². The van der Waals surface area contributed by atoms with Crippen molar-refractivity contribution in [3.63, 3.8) is 0 Å². The maximum atomic E-state index is 9.19. The number of nitrogen functional groups attached to an aromatic ring is 1. The van der Waals surface area contributed by atoms with Gasteiger partial charge in [-0.2, -0.15) is 0 Å². The van der Waals surface area contributed by atoms with Crippen molar-refractivity contribution in [3.8, 4) is 0 Å². The number of nitrogens with two attached hydrogens (primary N) is 1. The van der Waals surface area contributed by atoms with Gasteiger partial charge in [0.15, 0.2) is 0 Å². The minimum Gasteiger partial charge on any atom is -0.397 e. The Hall–Kier alpha value is -1.29. The van der Waals surface area contributed by atoms with Crippen molar-refractivity contribution < 1.29 is 5.11 Å². The summed E-state index contributed by atoms with van der Waals surface area (Å²) >= 11 is 0. The van der Waals surface area contributed by atoms with Gasteiger partial charge in [0.25, 0.3) is 0 Å². The zero-order valence-electron chi connectivity index (χ0n) is 8.62. The summed E-state index contributed by atoms with van der Waals surface area (Å²) in [5, 5.41) is 12.4. The first-order valence-electron chi connectivity index (χ1n) is 4.70. The highest BCUT2D eigenvalue weighted by Crippen LogP contribution is 2.16. The van der Waals surface area contributed by atoms with Gasteiger partial charge in [0.05, 0.1) is 24.0 Å². The van der Waals surface area contributed by atoms with Gasteiger partial charge in [-0.3, -0.25) is 0 Å². The Labute approximate surface area is 84.2 Å². The molecule has 1 atom stereocenters. The Kier molecular flexibility index (Phi) is 3.30. The molecule has 0 aliphatic carbocycles. The van der Waals surface area contributed by atoms with E-state index in [-0.39, 0.29) is 12.1 Å². The minimum absolute atomic E-state index is 0.0789. The SMILES string of the molecule is CCC(C)(CO)Nc1ccc(N)cn1. The number of aliphatic hydroxyl groups excluding tert-OH is 1. The van der Waals surface area contributed by atoms with Crippen LogP contribution >= 0.6 is 0 Å². The molecule has 1 aromatic heterocycles. The van der Waals surface area contributed by atoms with Crippen molar-refractivity contribution >= 4 is 11.5 Å².